The Bertz CT molecular complexity index is 708. The summed E-state index contributed by atoms with van der Waals surface area (Å²) < 4.78 is 37.3. The van der Waals surface area contributed by atoms with E-state index in [4.69, 9.17) is 0 Å². The molecule has 156 valence electrons. The lowest BCUT2D eigenvalue weighted by Crippen LogP contribution is -2.37. The molecule has 0 fully saturated rings. The SMILES string of the molecule is CNN(C)/C=C\C1=C(C)CN(C(C)C(C=C(C)C=O)=CNCC(F)(F)F)C1=O. The first-order chi connectivity index (χ1) is 13.0. The Morgan fingerprint density at radius 3 is 2.57 bits per heavy atom. The predicted molar refractivity (Wildman–Crippen MR) is 102 cm³/mol. The van der Waals surface area contributed by atoms with Crippen LogP contribution in [0.25, 0.3) is 0 Å². The van der Waals surface area contributed by atoms with Gasteiger partial charge in [0.15, 0.2) is 0 Å². The number of hydrogen-bond donors (Lipinski definition) is 2. The summed E-state index contributed by atoms with van der Waals surface area (Å²) in [6, 6.07) is -0.522. The van der Waals surface area contributed by atoms with Gasteiger partial charge in [0.25, 0.3) is 5.91 Å². The quantitative estimate of drug-likeness (QED) is 0.269. The second kappa shape index (κ2) is 10.1. The van der Waals surface area contributed by atoms with Crippen LogP contribution in [0.2, 0.25) is 0 Å². The van der Waals surface area contributed by atoms with Crippen LogP contribution in [0.4, 0.5) is 13.2 Å². The maximum Gasteiger partial charge on any atom is 0.405 e. The zero-order valence-electron chi connectivity index (χ0n) is 16.7. The molecule has 1 heterocycles. The van der Waals surface area contributed by atoms with E-state index in [0.29, 0.717) is 29.6 Å². The van der Waals surface area contributed by atoms with Gasteiger partial charge in [0.1, 0.15) is 12.8 Å². The molecule has 0 saturated carbocycles. The molecule has 1 rings (SSSR count). The van der Waals surface area contributed by atoms with E-state index in [1.54, 1.807) is 50.1 Å². The lowest BCUT2D eigenvalue weighted by Gasteiger charge is -2.26. The molecule has 0 spiro atoms. The maximum atomic E-state index is 12.8. The van der Waals surface area contributed by atoms with Gasteiger partial charge in [-0.2, -0.15) is 13.2 Å². The predicted octanol–water partition coefficient (Wildman–Crippen LogP) is 2.29. The van der Waals surface area contributed by atoms with E-state index in [-0.39, 0.29) is 5.91 Å². The highest BCUT2D eigenvalue weighted by molar-refractivity contribution is 6.00. The second-order valence-electron chi connectivity index (χ2n) is 6.60. The summed E-state index contributed by atoms with van der Waals surface area (Å²) in [6.07, 6.45) is 2.33. The van der Waals surface area contributed by atoms with E-state index in [1.807, 2.05) is 6.92 Å². The van der Waals surface area contributed by atoms with Gasteiger partial charge in [-0.05, 0) is 49.6 Å². The summed E-state index contributed by atoms with van der Waals surface area (Å²) >= 11 is 0. The van der Waals surface area contributed by atoms with E-state index in [9.17, 15) is 22.8 Å². The van der Waals surface area contributed by atoms with Crippen LogP contribution in [0.3, 0.4) is 0 Å². The van der Waals surface area contributed by atoms with Gasteiger partial charge in [0, 0.05) is 38.6 Å². The van der Waals surface area contributed by atoms with Crippen LogP contribution in [0, 0.1) is 0 Å². The van der Waals surface area contributed by atoms with Crippen molar-refractivity contribution in [3.05, 3.63) is 46.8 Å². The third-order valence-corrected chi connectivity index (χ3v) is 4.28. The van der Waals surface area contributed by atoms with Crippen molar-refractivity contribution in [2.45, 2.75) is 33.0 Å². The number of halogens is 3. The van der Waals surface area contributed by atoms with Crippen molar-refractivity contribution in [2.24, 2.45) is 0 Å². The van der Waals surface area contributed by atoms with Crippen molar-refractivity contribution >= 4 is 12.2 Å². The lowest BCUT2D eigenvalue weighted by molar-refractivity contribution is -0.126. The molecule has 0 aromatic heterocycles. The molecule has 1 aliphatic heterocycles. The van der Waals surface area contributed by atoms with Gasteiger partial charge < -0.3 is 15.2 Å². The van der Waals surface area contributed by atoms with Gasteiger partial charge in [-0.25, -0.2) is 5.43 Å². The summed E-state index contributed by atoms with van der Waals surface area (Å²) in [7, 11) is 3.52. The van der Waals surface area contributed by atoms with Crippen LogP contribution in [0.1, 0.15) is 20.8 Å². The largest absolute Gasteiger partial charge is 0.405 e. The molecule has 28 heavy (non-hydrogen) atoms. The number of amides is 1. The molecule has 2 N–H and O–H groups in total. The Morgan fingerprint density at radius 2 is 2.04 bits per heavy atom. The van der Waals surface area contributed by atoms with Crippen molar-refractivity contribution in [1.82, 2.24) is 20.7 Å². The monoisotopic (exact) mass is 400 g/mol. The fourth-order valence-corrected chi connectivity index (χ4v) is 2.58. The minimum Gasteiger partial charge on any atom is -0.382 e. The van der Waals surface area contributed by atoms with Crippen molar-refractivity contribution in [3.8, 4) is 0 Å². The molecule has 1 amide bonds. The van der Waals surface area contributed by atoms with Gasteiger partial charge in [-0.15, -0.1) is 0 Å². The van der Waals surface area contributed by atoms with E-state index in [1.165, 1.54) is 12.3 Å². The number of nitrogens with one attached hydrogen (secondary N) is 2. The van der Waals surface area contributed by atoms with Crippen LogP contribution in [0.15, 0.2) is 46.8 Å². The third-order valence-electron chi connectivity index (χ3n) is 4.28. The average molecular weight is 400 g/mol. The van der Waals surface area contributed by atoms with Gasteiger partial charge in [0.2, 0.25) is 0 Å². The van der Waals surface area contributed by atoms with Gasteiger partial charge in [-0.1, -0.05) is 0 Å². The molecule has 0 aliphatic carbocycles. The first-order valence-electron chi connectivity index (χ1n) is 8.73. The number of nitrogens with zero attached hydrogens (tertiary/aromatic N) is 2. The van der Waals surface area contributed by atoms with E-state index in [2.05, 4.69) is 10.7 Å². The van der Waals surface area contributed by atoms with Crippen molar-refractivity contribution in [3.63, 3.8) is 0 Å². The fourth-order valence-electron chi connectivity index (χ4n) is 2.58. The zero-order valence-corrected chi connectivity index (χ0v) is 16.7. The molecular formula is C19H27F3N4O2. The van der Waals surface area contributed by atoms with Crippen LogP contribution in [-0.4, -0.2) is 61.5 Å². The van der Waals surface area contributed by atoms with Crippen LogP contribution < -0.4 is 10.7 Å². The van der Waals surface area contributed by atoms with Crippen molar-refractivity contribution < 1.29 is 22.8 Å². The Balaban J connectivity index is 3.05. The summed E-state index contributed by atoms with van der Waals surface area (Å²) in [5.74, 6) is -0.218. The molecule has 1 unspecified atom stereocenters. The standard InChI is InChI=1S/C19H27F3N4O2/c1-13(11-27)8-16(9-24-12-19(20,21)22)15(3)26-10-14(2)17(18(26)28)6-7-25(5)23-4/h6-9,11,15,23-24H,10,12H2,1-5H3/b7-6-,13-8?,16-9?. The summed E-state index contributed by atoms with van der Waals surface area (Å²) in [5.41, 5.74) is 5.03. The van der Waals surface area contributed by atoms with Crippen molar-refractivity contribution in [2.75, 3.05) is 27.2 Å². The minimum atomic E-state index is -4.37. The number of alkyl halides is 3. The minimum absolute atomic E-state index is 0.218. The van der Waals surface area contributed by atoms with Crippen molar-refractivity contribution in [1.29, 1.82) is 0 Å². The maximum absolute atomic E-state index is 12.8. The summed E-state index contributed by atoms with van der Waals surface area (Å²) in [5, 5.41) is 3.90. The summed E-state index contributed by atoms with van der Waals surface area (Å²) in [4.78, 5) is 25.3. The van der Waals surface area contributed by atoms with Gasteiger partial charge >= 0.3 is 6.18 Å². The van der Waals surface area contributed by atoms with Crippen LogP contribution >= 0.6 is 0 Å². The van der Waals surface area contributed by atoms with Gasteiger partial charge in [0.05, 0.1) is 6.04 Å². The molecular weight excluding hydrogens is 373 g/mol. The highest BCUT2D eigenvalue weighted by Gasteiger charge is 2.31. The van der Waals surface area contributed by atoms with Gasteiger partial charge in [-0.3, -0.25) is 9.59 Å². The highest BCUT2D eigenvalue weighted by Crippen LogP contribution is 2.25. The molecule has 0 saturated heterocycles. The highest BCUT2D eigenvalue weighted by atomic mass is 19.4. The number of allylic oxidation sites excluding steroid dienone is 1. The molecule has 1 aliphatic rings. The first-order valence-corrected chi connectivity index (χ1v) is 8.73. The first kappa shape index (κ1) is 23.5. The van der Waals surface area contributed by atoms with E-state index >= 15 is 0 Å². The number of hydrazine groups is 1. The molecule has 9 heteroatoms. The lowest BCUT2D eigenvalue weighted by atomic mass is 10.1. The fraction of sp³-hybridized carbons (Fsp3) is 0.474. The normalized spacial score (nSPS) is 17.6. The Labute approximate surface area is 163 Å². The Kier molecular flexibility index (Phi) is 8.49. The number of rotatable bonds is 9. The van der Waals surface area contributed by atoms with Crippen LogP contribution in [-0.2, 0) is 9.59 Å². The van der Waals surface area contributed by atoms with Crippen LogP contribution in [0.5, 0.6) is 0 Å². The molecule has 1 atom stereocenters. The smallest absolute Gasteiger partial charge is 0.382 e. The Morgan fingerprint density at radius 1 is 1.39 bits per heavy atom. The molecule has 0 bridgehead atoms. The average Bonchev–Trinajstić information content (AvgIpc) is 2.90. The molecule has 6 nitrogen and oxygen atoms in total. The molecule has 0 aromatic carbocycles. The van der Waals surface area contributed by atoms with E-state index in [0.717, 1.165) is 5.57 Å². The Hall–Kier alpha value is -2.55. The number of hydrogen-bond acceptors (Lipinski definition) is 5. The zero-order chi connectivity index (χ0) is 21.5. The number of carbonyl (C=O) groups excluding carboxylic acids is 2. The second-order valence-corrected chi connectivity index (χ2v) is 6.60. The third kappa shape index (κ3) is 6.88. The topological polar surface area (TPSA) is 64.7 Å². The number of carbonyl (C=O) groups is 2. The van der Waals surface area contributed by atoms with E-state index < -0.39 is 18.8 Å². The summed E-state index contributed by atoms with van der Waals surface area (Å²) in [6.45, 7) is 4.25. The molecule has 0 aromatic rings. The molecule has 0 radical (unpaired) electrons. The number of aldehydes is 1.